The zero-order valence-electron chi connectivity index (χ0n) is 15.7. The molecule has 0 aliphatic carbocycles. The second kappa shape index (κ2) is 9.89. The van der Waals surface area contributed by atoms with Gasteiger partial charge in [-0.1, -0.05) is 36.8 Å². The Morgan fingerprint density at radius 3 is 2.67 bits per heavy atom. The Kier molecular flexibility index (Phi) is 7.57. The van der Waals surface area contributed by atoms with Crippen LogP contribution in [0, 0.1) is 10.1 Å². The molecule has 0 bridgehead atoms. The second-order valence-corrected chi connectivity index (χ2v) is 6.68. The molecule has 3 atom stereocenters. The summed E-state index contributed by atoms with van der Waals surface area (Å²) in [4.78, 5) is 36.1. The minimum Gasteiger partial charge on any atom is -0.469 e. The van der Waals surface area contributed by atoms with Gasteiger partial charge in [-0.05, 0) is 25.3 Å². The molecule has 0 N–H and O–H groups in total. The average Bonchev–Trinajstić information content (AvgIpc) is 3.05. The number of carbonyl (C=O) groups excluding carboxylic acids is 2. The minimum absolute atomic E-state index is 0.191. The van der Waals surface area contributed by atoms with Crippen LogP contribution in [-0.4, -0.2) is 47.7 Å². The highest BCUT2D eigenvalue weighted by molar-refractivity contribution is 5.71. The number of carbonyl (C=O) groups is 2. The van der Waals surface area contributed by atoms with Gasteiger partial charge in [0.1, 0.15) is 12.6 Å². The maximum Gasteiger partial charge on any atom is 0.410 e. The highest BCUT2D eigenvalue weighted by atomic mass is 16.6. The van der Waals surface area contributed by atoms with Gasteiger partial charge in [0.25, 0.3) is 0 Å². The number of hydrogen-bond acceptors (Lipinski definition) is 6. The van der Waals surface area contributed by atoms with Crippen molar-refractivity contribution in [1.82, 2.24) is 4.90 Å². The zero-order chi connectivity index (χ0) is 19.8. The number of benzene rings is 1. The van der Waals surface area contributed by atoms with E-state index in [0.717, 1.165) is 5.56 Å². The van der Waals surface area contributed by atoms with Crippen molar-refractivity contribution in [2.75, 3.05) is 13.7 Å². The minimum atomic E-state index is -0.889. The van der Waals surface area contributed by atoms with Crippen LogP contribution in [-0.2, 0) is 14.3 Å². The molecule has 0 radical (unpaired) electrons. The van der Waals surface area contributed by atoms with Gasteiger partial charge in [-0.3, -0.25) is 19.8 Å². The molecular weight excluding hydrogens is 352 g/mol. The summed E-state index contributed by atoms with van der Waals surface area (Å²) in [6, 6.07) is 7.58. The van der Waals surface area contributed by atoms with E-state index in [1.165, 1.54) is 12.0 Å². The first kappa shape index (κ1) is 20.7. The molecule has 1 aromatic carbocycles. The Balaban J connectivity index is 1.99. The molecule has 0 spiro atoms. The summed E-state index contributed by atoms with van der Waals surface area (Å²) < 4.78 is 9.76. The summed E-state index contributed by atoms with van der Waals surface area (Å²) >= 11 is 0. The molecule has 1 aromatic rings. The Morgan fingerprint density at radius 1 is 1.33 bits per heavy atom. The van der Waals surface area contributed by atoms with Crippen molar-refractivity contribution in [2.45, 2.75) is 57.2 Å². The number of cyclic esters (lactones) is 1. The summed E-state index contributed by atoms with van der Waals surface area (Å²) in [5.74, 6) is -0.278. The third-order valence-electron chi connectivity index (χ3n) is 4.97. The molecular formula is C19H26N2O6. The fourth-order valence-electron chi connectivity index (χ4n) is 3.42. The lowest BCUT2D eigenvalue weighted by molar-refractivity contribution is -0.530. The van der Waals surface area contributed by atoms with E-state index < -0.39 is 18.2 Å². The number of methoxy groups -OCH3 is 1. The highest BCUT2D eigenvalue weighted by Crippen LogP contribution is 2.31. The number of esters is 1. The molecule has 1 fully saturated rings. The van der Waals surface area contributed by atoms with Crippen molar-refractivity contribution < 1.29 is 24.0 Å². The number of nitro groups is 1. The van der Waals surface area contributed by atoms with E-state index in [0.29, 0.717) is 32.1 Å². The summed E-state index contributed by atoms with van der Waals surface area (Å²) in [5, 5.41) is 11.6. The smallest absolute Gasteiger partial charge is 0.410 e. The molecule has 1 aliphatic rings. The van der Waals surface area contributed by atoms with Gasteiger partial charge in [0.2, 0.25) is 6.04 Å². The summed E-state index contributed by atoms with van der Waals surface area (Å²) in [7, 11) is 1.34. The van der Waals surface area contributed by atoms with Crippen LogP contribution in [0.4, 0.5) is 4.79 Å². The number of amides is 1. The quantitative estimate of drug-likeness (QED) is 0.268. The number of ether oxygens (including phenoxy) is 2. The van der Waals surface area contributed by atoms with E-state index in [-0.39, 0.29) is 23.5 Å². The predicted octanol–water partition coefficient (Wildman–Crippen LogP) is 3.34. The van der Waals surface area contributed by atoms with Crippen LogP contribution in [0.1, 0.15) is 50.6 Å². The van der Waals surface area contributed by atoms with Gasteiger partial charge in [-0.2, -0.15) is 0 Å². The van der Waals surface area contributed by atoms with Crippen LogP contribution in [0.15, 0.2) is 30.3 Å². The van der Waals surface area contributed by atoms with E-state index in [1.54, 1.807) is 6.92 Å². The van der Waals surface area contributed by atoms with Crippen LogP contribution in [0.2, 0.25) is 0 Å². The van der Waals surface area contributed by atoms with E-state index in [1.807, 2.05) is 30.3 Å². The Morgan fingerprint density at radius 2 is 2.04 bits per heavy atom. The molecule has 8 heteroatoms. The molecule has 1 amide bonds. The predicted molar refractivity (Wildman–Crippen MR) is 97.7 cm³/mol. The van der Waals surface area contributed by atoms with Crippen molar-refractivity contribution in [3.63, 3.8) is 0 Å². The molecule has 8 nitrogen and oxygen atoms in total. The second-order valence-electron chi connectivity index (χ2n) is 6.68. The van der Waals surface area contributed by atoms with E-state index in [2.05, 4.69) is 4.74 Å². The molecule has 1 heterocycles. The first-order chi connectivity index (χ1) is 13.0. The van der Waals surface area contributed by atoms with E-state index >= 15 is 0 Å². The molecule has 27 heavy (non-hydrogen) atoms. The molecule has 0 unspecified atom stereocenters. The SMILES string of the molecule is COC(=O)CCCCC[C@H]([C@@H](C)N1C(=O)OC[C@H]1c1ccccc1)[N+](=O)[O-]. The van der Waals surface area contributed by atoms with Gasteiger partial charge in [0, 0.05) is 17.8 Å². The lowest BCUT2D eigenvalue weighted by atomic mass is 9.98. The first-order valence-corrected chi connectivity index (χ1v) is 9.16. The summed E-state index contributed by atoms with van der Waals surface area (Å²) in [5.41, 5.74) is 0.898. The van der Waals surface area contributed by atoms with Crippen molar-refractivity contribution in [1.29, 1.82) is 0 Å². The molecule has 148 valence electrons. The monoisotopic (exact) mass is 378 g/mol. The third kappa shape index (κ3) is 5.42. The topological polar surface area (TPSA) is 99.0 Å². The van der Waals surface area contributed by atoms with Gasteiger partial charge in [-0.15, -0.1) is 0 Å². The van der Waals surface area contributed by atoms with Crippen LogP contribution in [0.5, 0.6) is 0 Å². The van der Waals surface area contributed by atoms with Crippen LogP contribution >= 0.6 is 0 Å². The van der Waals surface area contributed by atoms with Crippen LogP contribution < -0.4 is 0 Å². The zero-order valence-corrected chi connectivity index (χ0v) is 15.7. The maximum atomic E-state index is 12.2. The lowest BCUT2D eigenvalue weighted by Crippen LogP contribution is -2.46. The molecule has 0 aromatic heterocycles. The van der Waals surface area contributed by atoms with Gasteiger partial charge < -0.3 is 9.47 Å². The number of unbranched alkanes of at least 4 members (excludes halogenated alkanes) is 2. The third-order valence-corrected chi connectivity index (χ3v) is 4.97. The van der Waals surface area contributed by atoms with Crippen LogP contribution in [0.25, 0.3) is 0 Å². The van der Waals surface area contributed by atoms with E-state index in [9.17, 15) is 19.7 Å². The first-order valence-electron chi connectivity index (χ1n) is 9.16. The Hall–Kier alpha value is -2.64. The van der Waals surface area contributed by atoms with Crippen molar-refractivity contribution >= 4 is 12.1 Å². The van der Waals surface area contributed by atoms with Gasteiger partial charge in [0.15, 0.2) is 0 Å². The van der Waals surface area contributed by atoms with Gasteiger partial charge in [0.05, 0.1) is 13.2 Å². The normalized spacial score (nSPS) is 18.7. The van der Waals surface area contributed by atoms with Crippen molar-refractivity contribution in [3.05, 3.63) is 46.0 Å². The number of hydrogen-bond donors (Lipinski definition) is 0. The highest BCUT2D eigenvalue weighted by Gasteiger charge is 2.43. The van der Waals surface area contributed by atoms with Gasteiger partial charge in [-0.25, -0.2) is 4.79 Å². The van der Waals surface area contributed by atoms with E-state index in [4.69, 9.17) is 4.74 Å². The molecule has 0 saturated carbocycles. The molecule has 1 aliphatic heterocycles. The summed E-state index contributed by atoms with van der Waals surface area (Å²) in [6.07, 6.45) is 2.05. The summed E-state index contributed by atoms with van der Waals surface area (Å²) in [6.45, 7) is 1.89. The molecule has 2 rings (SSSR count). The van der Waals surface area contributed by atoms with Crippen molar-refractivity contribution in [2.24, 2.45) is 0 Å². The lowest BCUT2D eigenvalue weighted by Gasteiger charge is -2.29. The molecule has 1 saturated heterocycles. The Labute approximate surface area is 158 Å². The average molecular weight is 378 g/mol. The number of nitrogens with zero attached hydrogens (tertiary/aromatic N) is 2. The Bertz CT molecular complexity index is 651. The number of rotatable bonds is 10. The van der Waals surface area contributed by atoms with Gasteiger partial charge >= 0.3 is 12.1 Å². The fourth-order valence-corrected chi connectivity index (χ4v) is 3.42. The van der Waals surface area contributed by atoms with Crippen LogP contribution in [0.3, 0.4) is 0 Å². The standard InChI is InChI=1S/C19H26N2O6/c1-14(16(21(24)25)11-7-4-8-12-18(22)26-2)20-17(13-27-19(20)23)15-9-5-3-6-10-15/h3,5-6,9-10,14,16-17H,4,7-8,11-13H2,1-2H3/t14-,16-,17+/m1/s1. The maximum absolute atomic E-state index is 12.2. The largest absolute Gasteiger partial charge is 0.469 e. The van der Waals surface area contributed by atoms with Crippen molar-refractivity contribution in [3.8, 4) is 0 Å². The fraction of sp³-hybridized carbons (Fsp3) is 0.579.